The summed E-state index contributed by atoms with van der Waals surface area (Å²) >= 11 is 0. The van der Waals surface area contributed by atoms with Gasteiger partial charge in [-0.1, -0.05) is 0 Å². The molecule has 7 nitrogen and oxygen atoms in total. The van der Waals surface area contributed by atoms with Crippen LogP contribution in [0.3, 0.4) is 0 Å². The van der Waals surface area contributed by atoms with Gasteiger partial charge >= 0.3 is 6.18 Å². The van der Waals surface area contributed by atoms with Gasteiger partial charge in [0.25, 0.3) is 5.82 Å². The second kappa shape index (κ2) is 6.60. The molecule has 0 radical (unpaired) electrons. The molecule has 1 fully saturated rings. The number of phenolic OH excluding ortho intramolecular Hbond substituents is 1. The molecule has 142 valence electrons. The highest BCUT2D eigenvalue weighted by molar-refractivity contribution is 5.46. The minimum Gasteiger partial charge on any atom is -0.508 e. The molecule has 2 aromatic heterocycles. The smallest absolute Gasteiger partial charge is 0.453 e. The summed E-state index contributed by atoms with van der Waals surface area (Å²) < 4.78 is 45.6. The van der Waals surface area contributed by atoms with Crippen molar-refractivity contribution < 1.29 is 23.0 Å². The van der Waals surface area contributed by atoms with E-state index in [-0.39, 0.29) is 17.5 Å². The highest BCUT2D eigenvalue weighted by Crippen LogP contribution is 2.28. The Kier molecular flexibility index (Phi) is 4.25. The number of aromatic nitrogens is 4. The third-order valence-electron chi connectivity index (χ3n) is 4.41. The quantitative estimate of drug-likeness (QED) is 0.754. The molecule has 3 aromatic rings. The Labute approximate surface area is 152 Å². The first-order chi connectivity index (χ1) is 12.9. The number of hydrogen-bond acceptors (Lipinski definition) is 6. The van der Waals surface area contributed by atoms with Crippen molar-refractivity contribution in [1.82, 2.24) is 19.8 Å². The number of halogens is 3. The molecule has 1 aliphatic rings. The Morgan fingerprint density at radius 1 is 1.00 bits per heavy atom. The monoisotopic (exact) mass is 379 g/mol. The summed E-state index contributed by atoms with van der Waals surface area (Å²) in [6.45, 7) is 1.20. The summed E-state index contributed by atoms with van der Waals surface area (Å²) in [5, 5.41) is 20.1. The van der Waals surface area contributed by atoms with E-state index >= 15 is 0 Å². The molecule has 0 aliphatic carbocycles. The third kappa shape index (κ3) is 3.60. The lowest BCUT2D eigenvalue weighted by Gasteiger charge is -2.32. The first-order valence-electron chi connectivity index (χ1n) is 8.40. The molecular weight excluding hydrogens is 363 g/mol. The molecule has 10 heteroatoms. The maximum absolute atomic E-state index is 13.0. The molecule has 0 saturated carbocycles. The maximum Gasteiger partial charge on any atom is 0.453 e. The summed E-state index contributed by atoms with van der Waals surface area (Å²) in [4.78, 5) is 1.91. The molecule has 3 heterocycles. The van der Waals surface area contributed by atoms with Gasteiger partial charge in [0.2, 0.25) is 0 Å². The van der Waals surface area contributed by atoms with E-state index in [2.05, 4.69) is 15.3 Å². The molecule has 1 aliphatic heterocycles. The van der Waals surface area contributed by atoms with Gasteiger partial charge in [-0.3, -0.25) is 0 Å². The van der Waals surface area contributed by atoms with Gasteiger partial charge in [0, 0.05) is 25.9 Å². The highest BCUT2D eigenvalue weighted by atomic mass is 19.4. The number of ether oxygens (including phenoxy) is 1. The molecular formula is C17H16F3N5O2. The normalized spacial score (nSPS) is 16.0. The van der Waals surface area contributed by atoms with Crippen molar-refractivity contribution >= 4 is 11.5 Å². The van der Waals surface area contributed by atoms with Gasteiger partial charge < -0.3 is 14.7 Å². The predicted molar refractivity (Wildman–Crippen MR) is 89.8 cm³/mol. The molecule has 0 spiro atoms. The Morgan fingerprint density at radius 2 is 1.70 bits per heavy atom. The number of benzene rings is 1. The summed E-state index contributed by atoms with van der Waals surface area (Å²) in [5.41, 5.74) is 0.0524. The van der Waals surface area contributed by atoms with Crippen molar-refractivity contribution in [1.29, 1.82) is 0 Å². The number of aromatic hydroxyl groups is 1. The van der Waals surface area contributed by atoms with Crippen molar-refractivity contribution in [2.45, 2.75) is 25.1 Å². The zero-order valence-electron chi connectivity index (χ0n) is 14.1. The van der Waals surface area contributed by atoms with Crippen LogP contribution >= 0.6 is 0 Å². The highest BCUT2D eigenvalue weighted by Gasteiger charge is 2.38. The number of nitrogens with zero attached hydrogens (tertiary/aromatic N) is 5. The lowest BCUT2D eigenvalue weighted by atomic mass is 10.1. The summed E-state index contributed by atoms with van der Waals surface area (Å²) in [6, 6.07) is 9.63. The zero-order valence-corrected chi connectivity index (χ0v) is 14.1. The van der Waals surface area contributed by atoms with Gasteiger partial charge in [-0.25, -0.2) is 0 Å². The SMILES string of the molecule is Oc1ccc(OC2CCN(c3ccc4nnc(C(F)(F)F)n4n3)CC2)cc1. The molecule has 1 aromatic carbocycles. The molecule has 27 heavy (non-hydrogen) atoms. The Hall–Kier alpha value is -3.04. The van der Waals surface area contributed by atoms with Crippen molar-refractivity contribution in [3.8, 4) is 11.5 Å². The maximum atomic E-state index is 13.0. The summed E-state index contributed by atoms with van der Waals surface area (Å²) in [5.74, 6) is 0.150. The molecule has 4 rings (SSSR count). The molecule has 0 unspecified atom stereocenters. The molecule has 0 amide bonds. The van der Waals surface area contributed by atoms with E-state index in [9.17, 15) is 18.3 Å². The van der Waals surface area contributed by atoms with Crippen LogP contribution in [-0.4, -0.2) is 44.1 Å². The van der Waals surface area contributed by atoms with Gasteiger partial charge in [-0.15, -0.1) is 15.3 Å². The van der Waals surface area contributed by atoms with Crippen LogP contribution in [0.5, 0.6) is 11.5 Å². The van der Waals surface area contributed by atoms with Crippen LogP contribution in [0.1, 0.15) is 18.7 Å². The van der Waals surface area contributed by atoms with Crippen molar-refractivity contribution in [2.75, 3.05) is 18.0 Å². The number of rotatable bonds is 3. The van der Waals surface area contributed by atoms with Crippen LogP contribution in [0.2, 0.25) is 0 Å². The van der Waals surface area contributed by atoms with E-state index in [0.29, 0.717) is 37.5 Å². The number of fused-ring (bicyclic) bond motifs is 1. The van der Waals surface area contributed by atoms with Crippen LogP contribution in [0.25, 0.3) is 5.65 Å². The van der Waals surface area contributed by atoms with Gasteiger partial charge in [-0.05, 0) is 36.4 Å². The van der Waals surface area contributed by atoms with E-state index in [1.807, 2.05) is 4.90 Å². The van der Waals surface area contributed by atoms with Crippen molar-refractivity contribution in [3.63, 3.8) is 0 Å². The number of anilines is 1. The topological polar surface area (TPSA) is 75.8 Å². The standard InChI is InChI=1S/C17H16F3N5O2/c18-17(19,20)16-22-21-14-5-6-15(23-25(14)16)24-9-7-13(8-10-24)27-12-3-1-11(26)2-4-12/h1-6,13,26H,7-10H2. The minimum absolute atomic E-state index is 0.00447. The lowest BCUT2D eigenvalue weighted by molar-refractivity contribution is -0.146. The fourth-order valence-electron chi connectivity index (χ4n) is 3.04. The van der Waals surface area contributed by atoms with Crippen LogP contribution in [0.15, 0.2) is 36.4 Å². The zero-order chi connectivity index (χ0) is 19.0. The molecule has 1 saturated heterocycles. The predicted octanol–water partition coefficient (Wildman–Crippen LogP) is 2.90. The Balaban J connectivity index is 1.45. The van der Waals surface area contributed by atoms with Crippen LogP contribution < -0.4 is 9.64 Å². The van der Waals surface area contributed by atoms with E-state index in [4.69, 9.17) is 4.74 Å². The fourth-order valence-corrected chi connectivity index (χ4v) is 3.04. The number of piperidine rings is 1. The average Bonchev–Trinajstić information content (AvgIpc) is 3.08. The van der Waals surface area contributed by atoms with Crippen molar-refractivity contribution in [2.24, 2.45) is 0 Å². The Morgan fingerprint density at radius 3 is 2.37 bits per heavy atom. The minimum atomic E-state index is -4.62. The fraction of sp³-hybridized carbons (Fsp3) is 0.353. The summed E-state index contributed by atoms with van der Waals surface area (Å²) in [6.07, 6.45) is -3.21. The lowest BCUT2D eigenvalue weighted by Crippen LogP contribution is -2.39. The van der Waals surface area contributed by atoms with Gasteiger partial charge in [0.1, 0.15) is 23.4 Å². The Bertz CT molecular complexity index is 934. The second-order valence-electron chi connectivity index (χ2n) is 6.28. The molecule has 1 N–H and O–H groups in total. The van der Waals surface area contributed by atoms with E-state index in [1.54, 1.807) is 30.3 Å². The van der Waals surface area contributed by atoms with Gasteiger partial charge in [-0.2, -0.15) is 17.7 Å². The van der Waals surface area contributed by atoms with Crippen LogP contribution in [-0.2, 0) is 6.18 Å². The van der Waals surface area contributed by atoms with Gasteiger partial charge in [0.05, 0.1) is 0 Å². The first-order valence-corrected chi connectivity index (χ1v) is 8.40. The summed E-state index contributed by atoms with van der Waals surface area (Å²) in [7, 11) is 0. The van der Waals surface area contributed by atoms with Crippen molar-refractivity contribution in [3.05, 3.63) is 42.2 Å². The molecule has 0 atom stereocenters. The number of hydrogen-bond donors (Lipinski definition) is 1. The largest absolute Gasteiger partial charge is 0.508 e. The molecule has 0 bridgehead atoms. The van der Waals surface area contributed by atoms with E-state index in [0.717, 1.165) is 4.52 Å². The first kappa shape index (κ1) is 17.4. The van der Waals surface area contributed by atoms with Crippen LogP contribution in [0, 0.1) is 0 Å². The number of alkyl halides is 3. The van der Waals surface area contributed by atoms with Crippen LogP contribution in [0.4, 0.5) is 19.0 Å². The van der Waals surface area contributed by atoms with E-state index < -0.39 is 12.0 Å². The average molecular weight is 379 g/mol. The third-order valence-corrected chi connectivity index (χ3v) is 4.41. The number of phenols is 1. The van der Waals surface area contributed by atoms with E-state index in [1.165, 1.54) is 6.07 Å². The van der Waals surface area contributed by atoms with Gasteiger partial charge in [0.15, 0.2) is 5.65 Å². The second-order valence-corrected chi connectivity index (χ2v) is 6.28.